The Labute approximate surface area is 209 Å². The Morgan fingerprint density at radius 3 is 2.53 bits per heavy atom. The summed E-state index contributed by atoms with van der Waals surface area (Å²) in [6, 6.07) is 12.1. The molecule has 0 bridgehead atoms. The highest BCUT2D eigenvalue weighted by Crippen LogP contribution is 2.29. The lowest BCUT2D eigenvalue weighted by Crippen LogP contribution is -2.36. The maximum absolute atomic E-state index is 13.4. The molecule has 2 N–H and O–H groups in total. The zero-order chi connectivity index (χ0) is 25.8. The van der Waals surface area contributed by atoms with Gasteiger partial charge >= 0.3 is 0 Å². The number of nitrogens with zero attached hydrogens (tertiary/aromatic N) is 5. The first-order valence-electron chi connectivity index (χ1n) is 12.3. The van der Waals surface area contributed by atoms with Crippen molar-refractivity contribution in [3.63, 3.8) is 0 Å². The third-order valence-corrected chi connectivity index (χ3v) is 6.59. The van der Waals surface area contributed by atoms with Crippen molar-refractivity contribution in [2.24, 2.45) is 5.92 Å². The molecule has 1 atom stereocenters. The van der Waals surface area contributed by atoms with E-state index in [9.17, 15) is 14.3 Å². The van der Waals surface area contributed by atoms with Gasteiger partial charge in [-0.1, -0.05) is 38.1 Å². The monoisotopic (exact) mass is 492 g/mol. The molecule has 0 spiro atoms. The van der Waals surface area contributed by atoms with Gasteiger partial charge in [0.1, 0.15) is 5.82 Å². The lowest BCUT2D eigenvalue weighted by atomic mass is 9.99. The van der Waals surface area contributed by atoms with Gasteiger partial charge in [-0.05, 0) is 71.5 Å². The number of aromatic amines is 1. The molecule has 2 aromatic heterocycles. The molecule has 0 aliphatic carbocycles. The summed E-state index contributed by atoms with van der Waals surface area (Å²) in [4.78, 5) is 18.3. The number of aliphatic hydroxyl groups excluding tert-OH is 1. The molecule has 0 aliphatic rings. The van der Waals surface area contributed by atoms with Crippen molar-refractivity contribution in [3.05, 3.63) is 86.7 Å². The molecule has 0 saturated heterocycles. The summed E-state index contributed by atoms with van der Waals surface area (Å²) in [6.07, 6.45) is 0.548. The number of hydrogen-bond acceptors (Lipinski definition) is 6. The summed E-state index contributed by atoms with van der Waals surface area (Å²) in [6.45, 7) is 9.58. The molecule has 0 aliphatic heterocycles. The second kappa shape index (κ2) is 11.1. The van der Waals surface area contributed by atoms with Crippen LogP contribution in [0, 0.1) is 25.6 Å². The van der Waals surface area contributed by atoms with E-state index in [1.165, 1.54) is 12.1 Å². The molecule has 8 nitrogen and oxygen atoms in total. The topological polar surface area (TPSA) is 99.9 Å². The average Bonchev–Trinajstić information content (AvgIpc) is 3.29. The molecule has 2 aromatic carbocycles. The Morgan fingerprint density at radius 1 is 1.11 bits per heavy atom. The van der Waals surface area contributed by atoms with Crippen LogP contribution < -0.4 is 5.56 Å². The summed E-state index contributed by atoms with van der Waals surface area (Å²) >= 11 is 0. The van der Waals surface area contributed by atoms with Gasteiger partial charge in [0, 0.05) is 30.6 Å². The Hall–Kier alpha value is -3.43. The van der Waals surface area contributed by atoms with Crippen molar-refractivity contribution < 1.29 is 9.50 Å². The van der Waals surface area contributed by atoms with Gasteiger partial charge < -0.3 is 10.1 Å². The summed E-state index contributed by atoms with van der Waals surface area (Å²) in [7, 11) is 0. The summed E-state index contributed by atoms with van der Waals surface area (Å²) in [5, 5.41) is 23.1. The number of rotatable bonds is 10. The first-order valence-corrected chi connectivity index (χ1v) is 12.3. The number of tetrazole rings is 1. The van der Waals surface area contributed by atoms with E-state index in [4.69, 9.17) is 0 Å². The summed E-state index contributed by atoms with van der Waals surface area (Å²) < 4.78 is 15.1. The largest absolute Gasteiger partial charge is 0.396 e. The fraction of sp³-hybridized carbons (Fsp3) is 0.407. The quantitative estimate of drug-likeness (QED) is 0.348. The van der Waals surface area contributed by atoms with Crippen LogP contribution in [-0.2, 0) is 13.1 Å². The number of nitrogens with one attached hydrogen (secondary N) is 1. The third kappa shape index (κ3) is 5.52. The van der Waals surface area contributed by atoms with Gasteiger partial charge in [-0.15, -0.1) is 5.10 Å². The van der Waals surface area contributed by atoms with Crippen LogP contribution in [-0.4, -0.2) is 48.3 Å². The third-order valence-electron chi connectivity index (χ3n) is 6.59. The van der Waals surface area contributed by atoms with E-state index in [1.54, 1.807) is 16.8 Å². The zero-order valence-corrected chi connectivity index (χ0v) is 21.2. The van der Waals surface area contributed by atoms with Gasteiger partial charge in [-0.2, -0.15) is 0 Å². The molecule has 0 saturated carbocycles. The van der Waals surface area contributed by atoms with Gasteiger partial charge in [-0.3, -0.25) is 9.69 Å². The number of halogens is 1. The van der Waals surface area contributed by atoms with Crippen molar-refractivity contribution in [3.8, 4) is 0 Å². The van der Waals surface area contributed by atoms with Crippen molar-refractivity contribution in [2.75, 3.05) is 13.2 Å². The Morgan fingerprint density at radius 2 is 1.83 bits per heavy atom. The second-order valence-electron chi connectivity index (χ2n) is 9.67. The van der Waals surface area contributed by atoms with E-state index in [0.717, 1.165) is 27.6 Å². The Balaban J connectivity index is 1.71. The first kappa shape index (κ1) is 25.7. The van der Waals surface area contributed by atoms with Crippen LogP contribution in [0.25, 0.3) is 10.9 Å². The molecular weight excluding hydrogens is 459 g/mol. The number of hydrogen-bond donors (Lipinski definition) is 2. The molecule has 0 fully saturated rings. The molecule has 0 amide bonds. The predicted octanol–water partition coefficient (Wildman–Crippen LogP) is 3.90. The molecule has 36 heavy (non-hydrogen) atoms. The van der Waals surface area contributed by atoms with Gasteiger partial charge in [-0.25, -0.2) is 9.07 Å². The van der Waals surface area contributed by atoms with E-state index in [1.807, 2.05) is 26.0 Å². The minimum atomic E-state index is -0.294. The molecule has 0 unspecified atom stereocenters. The highest BCUT2D eigenvalue weighted by Gasteiger charge is 2.29. The second-order valence-corrected chi connectivity index (χ2v) is 9.67. The highest BCUT2D eigenvalue weighted by atomic mass is 19.1. The van der Waals surface area contributed by atoms with Gasteiger partial charge in [0.25, 0.3) is 5.56 Å². The number of benzene rings is 2. The minimum Gasteiger partial charge on any atom is -0.396 e. The first-order chi connectivity index (χ1) is 17.3. The fourth-order valence-corrected chi connectivity index (χ4v) is 4.73. The van der Waals surface area contributed by atoms with Crippen LogP contribution in [0.5, 0.6) is 0 Å². The molecule has 4 rings (SSSR count). The van der Waals surface area contributed by atoms with Crippen LogP contribution in [0.3, 0.4) is 0 Å². The molecule has 0 radical (unpaired) electrons. The number of aliphatic hydroxyl groups is 1. The van der Waals surface area contributed by atoms with E-state index in [-0.39, 0.29) is 29.9 Å². The van der Waals surface area contributed by atoms with E-state index in [2.05, 4.69) is 45.3 Å². The highest BCUT2D eigenvalue weighted by molar-refractivity contribution is 5.85. The van der Waals surface area contributed by atoms with Gasteiger partial charge in [0.15, 0.2) is 5.82 Å². The normalized spacial score (nSPS) is 12.7. The molecular formula is C27H33FN6O2. The molecule has 190 valence electrons. The predicted molar refractivity (Wildman–Crippen MR) is 137 cm³/mol. The standard InChI is InChI=1S/C27H33FN6O2/c1-17(2)25(26-30-31-32-34(26)15-20-8-10-22(28)11-9-20)33(12-5-13-35)16-21-14-23-18(3)6-7-19(4)24(23)29-27(21)36/h6-11,14,17,25,35H,5,12-13,15-16H2,1-4H3,(H,29,36)/t25-/m1/s1. The Kier molecular flexibility index (Phi) is 7.91. The SMILES string of the molecule is Cc1ccc(C)c2[nH]c(=O)c(CN(CCCO)[C@@H](c3nnnn3Cc3ccc(F)cc3)C(C)C)cc12. The van der Waals surface area contributed by atoms with E-state index in [0.29, 0.717) is 37.4 Å². The number of pyridine rings is 1. The number of aryl methyl sites for hydroxylation is 2. The maximum atomic E-state index is 13.4. The minimum absolute atomic E-state index is 0.0359. The van der Waals surface area contributed by atoms with E-state index >= 15 is 0 Å². The Bertz CT molecular complexity index is 1380. The molecule has 9 heteroatoms. The van der Waals surface area contributed by atoms with Crippen LogP contribution in [0.1, 0.15) is 54.4 Å². The smallest absolute Gasteiger partial charge is 0.252 e. The summed E-state index contributed by atoms with van der Waals surface area (Å²) in [5.74, 6) is 0.485. The maximum Gasteiger partial charge on any atom is 0.252 e. The fourth-order valence-electron chi connectivity index (χ4n) is 4.73. The molecule has 2 heterocycles. The van der Waals surface area contributed by atoms with Crippen molar-refractivity contribution in [1.29, 1.82) is 0 Å². The van der Waals surface area contributed by atoms with Crippen molar-refractivity contribution in [2.45, 2.75) is 53.2 Å². The van der Waals surface area contributed by atoms with Crippen LogP contribution in [0.2, 0.25) is 0 Å². The lowest BCUT2D eigenvalue weighted by molar-refractivity contribution is 0.122. The summed E-state index contributed by atoms with van der Waals surface area (Å²) in [5.41, 5.74) is 4.38. The molecule has 4 aromatic rings. The van der Waals surface area contributed by atoms with Crippen LogP contribution >= 0.6 is 0 Å². The zero-order valence-electron chi connectivity index (χ0n) is 21.2. The van der Waals surface area contributed by atoms with Crippen molar-refractivity contribution >= 4 is 10.9 Å². The number of H-pyrrole nitrogens is 1. The van der Waals surface area contributed by atoms with E-state index < -0.39 is 0 Å². The number of fused-ring (bicyclic) bond motifs is 1. The van der Waals surface area contributed by atoms with Crippen molar-refractivity contribution in [1.82, 2.24) is 30.1 Å². The van der Waals surface area contributed by atoms with Crippen LogP contribution in [0.15, 0.2) is 47.3 Å². The van der Waals surface area contributed by atoms with Gasteiger partial charge in [0.2, 0.25) is 0 Å². The van der Waals surface area contributed by atoms with Gasteiger partial charge in [0.05, 0.1) is 18.1 Å². The lowest BCUT2D eigenvalue weighted by Gasteiger charge is -2.33. The van der Waals surface area contributed by atoms with Crippen LogP contribution in [0.4, 0.5) is 4.39 Å². The number of aromatic nitrogens is 5. The average molecular weight is 493 g/mol.